The van der Waals surface area contributed by atoms with Gasteiger partial charge in [-0.15, -0.1) is 0 Å². The number of hydrogen-bond donors (Lipinski definition) is 1. The van der Waals surface area contributed by atoms with Gasteiger partial charge in [0.1, 0.15) is 0 Å². The summed E-state index contributed by atoms with van der Waals surface area (Å²) in [6.07, 6.45) is 1.87. The van der Waals surface area contributed by atoms with Crippen LogP contribution < -0.4 is 0 Å². The predicted molar refractivity (Wildman–Crippen MR) is 64.5 cm³/mol. The number of aliphatic hydroxyl groups is 1. The Balaban J connectivity index is 2.30. The van der Waals surface area contributed by atoms with Crippen LogP contribution in [0.1, 0.15) is 33.1 Å². The molecule has 98 valence electrons. The minimum atomic E-state index is -0.447. The molecular formula is C13H22O4. The third-order valence-electron chi connectivity index (χ3n) is 3.04. The highest BCUT2D eigenvalue weighted by atomic mass is 16.5. The van der Waals surface area contributed by atoms with Crippen molar-refractivity contribution in [1.29, 1.82) is 0 Å². The summed E-state index contributed by atoms with van der Waals surface area (Å²) in [5.74, 6) is -0.128. The molecule has 1 saturated carbocycles. The number of hydrogen-bond acceptors (Lipinski definition) is 4. The molecule has 0 radical (unpaired) electrons. The number of rotatable bonds is 5. The van der Waals surface area contributed by atoms with Gasteiger partial charge in [0.15, 0.2) is 0 Å². The third kappa shape index (κ3) is 4.48. The molecule has 1 aliphatic rings. The number of aliphatic hydroxyl groups excluding tert-OH is 1. The van der Waals surface area contributed by atoms with Crippen LogP contribution >= 0.6 is 0 Å². The summed E-state index contributed by atoms with van der Waals surface area (Å²) in [7, 11) is 0. The van der Waals surface area contributed by atoms with Crippen LogP contribution in [0.4, 0.5) is 0 Å². The quantitative estimate of drug-likeness (QED) is 0.588. The Kier molecular flexibility index (Phi) is 5.65. The van der Waals surface area contributed by atoms with Crippen LogP contribution in [0.25, 0.3) is 0 Å². The lowest BCUT2D eigenvalue weighted by Crippen LogP contribution is -2.37. The van der Waals surface area contributed by atoms with Crippen LogP contribution in [0.15, 0.2) is 12.2 Å². The van der Waals surface area contributed by atoms with Crippen molar-refractivity contribution in [2.45, 2.75) is 45.3 Å². The molecule has 0 spiro atoms. The lowest BCUT2D eigenvalue weighted by Gasteiger charge is -2.32. The van der Waals surface area contributed by atoms with Crippen molar-refractivity contribution in [2.24, 2.45) is 5.92 Å². The van der Waals surface area contributed by atoms with Gasteiger partial charge in [-0.1, -0.05) is 6.58 Å². The third-order valence-corrected chi connectivity index (χ3v) is 3.04. The van der Waals surface area contributed by atoms with Crippen LogP contribution in [0.3, 0.4) is 0 Å². The summed E-state index contributed by atoms with van der Waals surface area (Å²) in [5, 5.41) is 9.86. The van der Waals surface area contributed by atoms with Crippen LogP contribution in [0.5, 0.6) is 0 Å². The summed E-state index contributed by atoms with van der Waals surface area (Å²) in [4.78, 5) is 11.2. The summed E-state index contributed by atoms with van der Waals surface area (Å²) in [6.45, 7) is 8.06. The fourth-order valence-corrected chi connectivity index (χ4v) is 2.08. The van der Waals surface area contributed by atoms with Gasteiger partial charge >= 0.3 is 5.97 Å². The molecule has 17 heavy (non-hydrogen) atoms. The average Bonchev–Trinajstić information content (AvgIpc) is 2.29. The molecule has 1 fully saturated rings. The minimum Gasteiger partial charge on any atom is -0.462 e. The lowest BCUT2D eigenvalue weighted by molar-refractivity contribution is -0.142. The van der Waals surface area contributed by atoms with E-state index < -0.39 is 6.10 Å². The van der Waals surface area contributed by atoms with Gasteiger partial charge in [-0.25, -0.2) is 4.79 Å². The van der Waals surface area contributed by atoms with Crippen molar-refractivity contribution in [3.05, 3.63) is 12.2 Å². The van der Waals surface area contributed by atoms with Crippen molar-refractivity contribution >= 4 is 5.97 Å². The topological polar surface area (TPSA) is 55.8 Å². The van der Waals surface area contributed by atoms with Crippen LogP contribution in [0, 0.1) is 5.92 Å². The monoisotopic (exact) mass is 242 g/mol. The average molecular weight is 242 g/mol. The number of ether oxygens (including phenoxy) is 2. The van der Waals surface area contributed by atoms with E-state index in [-0.39, 0.29) is 18.0 Å². The maximum absolute atomic E-state index is 11.2. The van der Waals surface area contributed by atoms with Gasteiger partial charge in [0, 0.05) is 12.2 Å². The first-order valence-electron chi connectivity index (χ1n) is 6.16. The SMILES string of the molecule is C=C(C)C(=O)OCC1CCC(OCC)C(O)C1. The molecule has 0 heterocycles. The van der Waals surface area contributed by atoms with E-state index in [1.165, 1.54) is 0 Å². The molecule has 1 aliphatic carbocycles. The Morgan fingerprint density at radius 1 is 1.47 bits per heavy atom. The van der Waals surface area contributed by atoms with Crippen molar-refractivity contribution in [3.8, 4) is 0 Å². The summed E-state index contributed by atoms with van der Waals surface area (Å²) in [6, 6.07) is 0. The maximum Gasteiger partial charge on any atom is 0.333 e. The number of carbonyl (C=O) groups excluding carboxylic acids is 1. The normalized spacial score (nSPS) is 28.8. The second kappa shape index (κ2) is 6.77. The molecule has 4 nitrogen and oxygen atoms in total. The van der Waals surface area contributed by atoms with Crippen molar-refractivity contribution in [1.82, 2.24) is 0 Å². The van der Waals surface area contributed by atoms with Gasteiger partial charge in [-0.05, 0) is 39.0 Å². The molecule has 3 atom stereocenters. The Morgan fingerprint density at radius 3 is 2.71 bits per heavy atom. The first kappa shape index (κ1) is 14.2. The van der Waals surface area contributed by atoms with Crippen molar-refractivity contribution < 1.29 is 19.4 Å². The zero-order chi connectivity index (χ0) is 12.8. The van der Waals surface area contributed by atoms with Gasteiger partial charge < -0.3 is 14.6 Å². The number of carbonyl (C=O) groups is 1. The van der Waals surface area contributed by atoms with Gasteiger partial charge in [0.2, 0.25) is 0 Å². The van der Waals surface area contributed by atoms with Gasteiger partial charge in [0.25, 0.3) is 0 Å². The van der Waals surface area contributed by atoms with Crippen molar-refractivity contribution in [3.63, 3.8) is 0 Å². The van der Waals surface area contributed by atoms with E-state index in [1.807, 2.05) is 6.92 Å². The first-order chi connectivity index (χ1) is 8.04. The Labute approximate surface area is 103 Å². The minimum absolute atomic E-state index is 0.0620. The van der Waals surface area contributed by atoms with E-state index in [0.717, 1.165) is 12.8 Å². The number of esters is 1. The molecule has 3 unspecified atom stereocenters. The van der Waals surface area contributed by atoms with E-state index in [9.17, 15) is 9.90 Å². The summed E-state index contributed by atoms with van der Waals surface area (Å²) in [5.41, 5.74) is 0.411. The summed E-state index contributed by atoms with van der Waals surface area (Å²) < 4.78 is 10.5. The Morgan fingerprint density at radius 2 is 2.18 bits per heavy atom. The van der Waals surface area contributed by atoms with Crippen LogP contribution in [-0.4, -0.2) is 36.5 Å². The molecule has 4 heteroatoms. The Bertz CT molecular complexity index is 275. The fraction of sp³-hybridized carbons (Fsp3) is 0.769. The largest absolute Gasteiger partial charge is 0.462 e. The zero-order valence-electron chi connectivity index (χ0n) is 10.6. The Hall–Kier alpha value is -0.870. The molecule has 0 bridgehead atoms. The van der Waals surface area contributed by atoms with Gasteiger partial charge in [0.05, 0.1) is 18.8 Å². The lowest BCUT2D eigenvalue weighted by atomic mass is 9.86. The zero-order valence-corrected chi connectivity index (χ0v) is 10.6. The first-order valence-corrected chi connectivity index (χ1v) is 6.16. The smallest absolute Gasteiger partial charge is 0.333 e. The van der Waals surface area contributed by atoms with E-state index in [4.69, 9.17) is 9.47 Å². The van der Waals surface area contributed by atoms with E-state index in [0.29, 0.717) is 25.2 Å². The summed E-state index contributed by atoms with van der Waals surface area (Å²) >= 11 is 0. The molecule has 1 rings (SSSR count). The molecule has 0 aromatic carbocycles. The molecule has 1 N–H and O–H groups in total. The second-order valence-electron chi connectivity index (χ2n) is 4.62. The molecule has 0 aliphatic heterocycles. The highest BCUT2D eigenvalue weighted by Gasteiger charge is 2.30. The maximum atomic E-state index is 11.2. The van der Waals surface area contributed by atoms with Crippen molar-refractivity contribution in [2.75, 3.05) is 13.2 Å². The van der Waals surface area contributed by atoms with E-state index in [2.05, 4.69) is 6.58 Å². The highest BCUT2D eigenvalue weighted by molar-refractivity contribution is 5.86. The van der Waals surface area contributed by atoms with E-state index in [1.54, 1.807) is 6.92 Å². The highest BCUT2D eigenvalue weighted by Crippen LogP contribution is 2.27. The molecular weight excluding hydrogens is 220 g/mol. The fourth-order valence-electron chi connectivity index (χ4n) is 2.08. The molecule has 0 aromatic rings. The van der Waals surface area contributed by atoms with Gasteiger partial charge in [-0.2, -0.15) is 0 Å². The van der Waals surface area contributed by atoms with Crippen LogP contribution in [0.2, 0.25) is 0 Å². The second-order valence-corrected chi connectivity index (χ2v) is 4.62. The molecule has 0 saturated heterocycles. The molecule has 0 aromatic heterocycles. The standard InChI is InChI=1S/C13H22O4/c1-4-16-12-6-5-10(7-11(12)14)8-17-13(15)9(2)3/h10-12,14H,2,4-8H2,1,3H3. The van der Waals surface area contributed by atoms with Gasteiger partial charge in [-0.3, -0.25) is 0 Å². The van der Waals surface area contributed by atoms with Crippen LogP contribution in [-0.2, 0) is 14.3 Å². The predicted octanol–water partition coefficient (Wildman–Crippen LogP) is 1.67. The van der Waals surface area contributed by atoms with E-state index >= 15 is 0 Å². The molecule has 0 amide bonds.